The maximum atomic E-state index is 10.6. The first kappa shape index (κ1) is 9.68. The van der Waals surface area contributed by atoms with E-state index in [-0.39, 0.29) is 5.82 Å². The standard InChI is InChI=1S/C8H5BrN2O2/c1-13-8(12)3-2-7-10-4-6(9)5-11-7/h4-5H,1H3. The summed E-state index contributed by atoms with van der Waals surface area (Å²) in [6.07, 6.45) is 3.10. The largest absolute Gasteiger partial charge is 0.459 e. The highest BCUT2D eigenvalue weighted by Gasteiger charge is 1.92. The second-order valence-electron chi connectivity index (χ2n) is 1.97. The number of nitrogens with zero attached hydrogens (tertiary/aromatic N) is 2. The fourth-order valence-electron chi connectivity index (χ4n) is 0.535. The third kappa shape index (κ3) is 3.22. The maximum Gasteiger partial charge on any atom is 0.384 e. The van der Waals surface area contributed by atoms with Crippen LogP contribution < -0.4 is 0 Å². The molecule has 0 spiro atoms. The lowest BCUT2D eigenvalue weighted by atomic mass is 10.5. The predicted molar refractivity (Wildman–Crippen MR) is 48.6 cm³/mol. The van der Waals surface area contributed by atoms with Gasteiger partial charge in [0.25, 0.3) is 0 Å². The summed E-state index contributed by atoms with van der Waals surface area (Å²) in [5, 5.41) is 0. The molecule has 1 aromatic heterocycles. The van der Waals surface area contributed by atoms with Gasteiger partial charge in [-0.1, -0.05) is 0 Å². The number of aromatic nitrogens is 2. The van der Waals surface area contributed by atoms with Crippen LogP contribution >= 0.6 is 15.9 Å². The summed E-state index contributed by atoms with van der Waals surface area (Å²) in [4.78, 5) is 18.3. The number of halogens is 1. The van der Waals surface area contributed by atoms with E-state index in [2.05, 4.69) is 42.5 Å². The van der Waals surface area contributed by atoms with Crippen LogP contribution in [0.5, 0.6) is 0 Å². The van der Waals surface area contributed by atoms with Gasteiger partial charge in [0.1, 0.15) is 0 Å². The molecular weight excluding hydrogens is 236 g/mol. The van der Waals surface area contributed by atoms with Crippen molar-refractivity contribution in [3.05, 3.63) is 22.7 Å². The van der Waals surface area contributed by atoms with Crippen molar-refractivity contribution < 1.29 is 9.53 Å². The van der Waals surface area contributed by atoms with Gasteiger partial charge in [0.15, 0.2) is 0 Å². The van der Waals surface area contributed by atoms with Crippen LogP contribution in [0.2, 0.25) is 0 Å². The number of carbonyl (C=O) groups excluding carboxylic acids is 1. The van der Waals surface area contributed by atoms with Gasteiger partial charge in [-0.05, 0) is 21.9 Å². The number of methoxy groups -OCH3 is 1. The molecule has 13 heavy (non-hydrogen) atoms. The zero-order valence-corrected chi connectivity index (χ0v) is 8.33. The summed E-state index contributed by atoms with van der Waals surface area (Å²) in [6.45, 7) is 0. The Balaban J connectivity index is 2.78. The Hall–Kier alpha value is -1.41. The van der Waals surface area contributed by atoms with E-state index < -0.39 is 5.97 Å². The van der Waals surface area contributed by atoms with Crippen LogP contribution in [-0.4, -0.2) is 23.0 Å². The van der Waals surface area contributed by atoms with Crippen LogP contribution in [0.3, 0.4) is 0 Å². The minimum atomic E-state index is -0.605. The molecule has 0 radical (unpaired) electrons. The Morgan fingerprint density at radius 3 is 2.69 bits per heavy atom. The van der Waals surface area contributed by atoms with Crippen molar-refractivity contribution in [1.29, 1.82) is 0 Å². The van der Waals surface area contributed by atoms with Crippen LogP contribution in [0.1, 0.15) is 5.82 Å². The minimum absolute atomic E-state index is 0.286. The fraction of sp³-hybridized carbons (Fsp3) is 0.125. The molecule has 0 saturated carbocycles. The average Bonchev–Trinajstić information content (AvgIpc) is 2.16. The lowest BCUT2D eigenvalue weighted by molar-refractivity contribution is -0.133. The summed E-state index contributed by atoms with van der Waals surface area (Å²) in [5.41, 5.74) is 0. The minimum Gasteiger partial charge on any atom is -0.459 e. The van der Waals surface area contributed by atoms with E-state index in [4.69, 9.17) is 0 Å². The van der Waals surface area contributed by atoms with Gasteiger partial charge in [0, 0.05) is 18.3 Å². The molecule has 0 amide bonds. The number of rotatable bonds is 0. The quantitative estimate of drug-likeness (QED) is 0.497. The van der Waals surface area contributed by atoms with Gasteiger partial charge in [-0.15, -0.1) is 0 Å². The van der Waals surface area contributed by atoms with Crippen molar-refractivity contribution in [2.75, 3.05) is 7.11 Å². The highest BCUT2D eigenvalue weighted by Crippen LogP contribution is 2.03. The summed E-state index contributed by atoms with van der Waals surface area (Å²) in [5.74, 6) is 4.35. The number of hydrogen-bond donors (Lipinski definition) is 0. The third-order valence-corrected chi connectivity index (χ3v) is 1.49. The van der Waals surface area contributed by atoms with Gasteiger partial charge in [0.05, 0.1) is 11.6 Å². The smallest absolute Gasteiger partial charge is 0.384 e. The van der Waals surface area contributed by atoms with E-state index in [1.807, 2.05) is 0 Å². The zero-order chi connectivity index (χ0) is 9.68. The van der Waals surface area contributed by atoms with Gasteiger partial charge in [0.2, 0.25) is 5.82 Å². The highest BCUT2D eigenvalue weighted by atomic mass is 79.9. The predicted octanol–water partition coefficient (Wildman–Crippen LogP) is 0.764. The molecule has 0 bridgehead atoms. The topological polar surface area (TPSA) is 52.1 Å². The normalized spacial score (nSPS) is 8.46. The van der Waals surface area contributed by atoms with Crippen molar-refractivity contribution in [2.24, 2.45) is 0 Å². The fourth-order valence-corrected chi connectivity index (χ4v) is 0.740. The van der Waals surface area contributed by atoms with Crippen molar-refractivity contribution >= 4 is 21.9 Å². The van der Waals surface area contributed by atoms with Gasteiger partial charge in [-0.2, -0.15) is 0 Å². The molecule has 0 aliphatic heterocycles. The summed E-state index contributed by atoms with van der Waals surface area (Å²) >= 11 is 3.17. The van der Waals surface area contributed by atoms with E-state index in [1.165, 1.54) is 7.11 Å². The molecule has 0 fully saturated rings. The molecule has 0 atom stereocenters. The molecule has 0 aromatic carbocycles. The molecule has 0 aliphatic rings. The Bertz CT molecular complexity index is 364. The zero-order valence-electron chi connectivity index (χ0n) is 6.74. The number of esters is 1. The second-order valence-corrected chi connectivity index (χ2v) is 2.88. The monoisotopic (exact) mass is 240 g/mol. The first-order valence-electron chi connectivity index (χ1n) is 3.30. The Labute approximate surface area is 83.5 Å². The van der Waals surface area contributed by atoms with Crippen LogP contribution in [0, 0.1) is 11.8 Å². The van der Waals surface area contributed by atoms with Crippen molar-refractivity contribution in [3.63, 3.8) is 0 Å². The molecule has 1 rings (SSSR count). The molecular formula is C8H5BrN2O2. The van der Waals surface area contributed by atoms with Crippen molar-refractivity contribution in [1.82, 2.24) is 9.97 Å². The van der Waals surface area contributed by atoms with E-state index in [0.717, 1.165) is 4.47 Å². The van der Waals surface area contributed by atoms with Gasteiger partial charge in [-0.3, -0.25) is 0 Å². The molecule has 4 nitrogen and oxygen atoms in total. The van der Waals surface area contributed by atoms with Crippen LogP contribution in [0.4, 0.5) is 0 Å². The molecule has 1 aromatic rings. The Kier molecular flexibility index (Phi) is 3.41. The van der Waals surface area contributed by atoms with Crippen LogP contribution in [0.15, 0.2) is 16.9 Å². The first-order chi connectivity index (χ1) is 6.22. The maximum absolute atomic E-state index is 10.6. The second kappa shape index (κ2) is 4.58. The van der Waals surface area contributed by atoms with Crippen LogP contribution in [-0.2, 0) is 9.53 Å². The average molecular weight is 241 g/mol. The molecule has 1 heterocycles. The summed E-state index contributed by atoms with van der Waals surface area (Å²) < 4.78 is 5.08. The van der Waals surface area contributed by atoms with E-state index >= 15 is 0 Å². The Morgan fingerprint density at radius 1 is 1.54 bits per heavy atom. The molecule has 0 saturated heterocycles. The van der Waals surface area contributed by atoms with Crippen LogP contribution in [0.25, 0.3) is 0 Å². The Morgan fingerprint density at radius 2 is 2.15 bits per heavy atom. The summed E-state index contributed by atoms with van der Waals surface area (Å²) in [7, 11) is 1.26. The lowest BCUT2D eigenvalue weighted by Gasteiger charge is -1.88. The van der Waals surface area contributed by atoms with E-state index in [0.29, 0.717) is 0 Å². The SMILES string of the molecule is COC(=O)C#Cc1ncc(Br)cn1. The number of carbonyl (C=O) groups is 1. The number of hydrogen-bond acceptors (Lipinski definition) is 4. The van der Waals surface area contributed by atoms with Crippen molar-refractivity contribution in [2.45, 2.75) is 0 Å². The van der Waals surface area contributed by atoms with E-state index in [9.17, 15) is 4.79 Å². The summed E-state index contributed by atoms with van der Waals surface area (Å²) in [6, 6.07) is 0. The molecule has 0 aliphatic carbocycles. The lowest BCUT2D eigenvalue weighted by Crippen LogP contribution is -1.95. The van der Waals surface area contributed by atoms with Gasteiger partial charge >= 0.3 is 5.97 Å². The first-order valence-corrected chi connectivity index (χ1v) is 4.09. The van der Waals surface area contributed by atoms with Gasteiger partial charge < -0.3 is 4.74 Å². The number of ether oxygens (including phenoxy) is 1. The van der Waals surface area contributed by atoms with Gasteiger partial charge in [-0.25, -0.2) is 14.8 Å². The molecule has 0 N–H and O–H groups in total. The molecule has 66 valence electrons. The third-order valence-electron chi connectivity index (χ3n) is 1.08. The molecule has 5 heteroatoms. The molecule has 0 unspecified atom stereocenters. The van der Waals surface area contributed by atoms with Crippen molar-refractivity contribution in [3.8, 4) is 11.8 Å². The van der Waals surface area contributed by atoms with E-state index in [1.54, 1.807) is 12.4 Å². The highest BCUT2D eigenvalue weighted by molar-refractivity contribution is 9.10.